The topological polar surface area (TPSA) is 75.5 Å². The molecular formula is C13H19N3O3. The second kappa shape index (κ2) is 7.06. The third-order valence-electron chi connectivity index (χ3n) is 2.85. The van der Waals surface area contributed by atoms with Gasteiger partial charge in [0.2, 0.25) is 0 Å². The summed E-state index contributed by atoms with van der Waals surface area (Å²) in [6.07, 6.45) is 5.35. The minimum Gasteiger partial charge on any atom is -0.472 e. The zero-order chi connectivity index (χ0) is 13.5. The van der Waals surface area contributed by atoms with Gasteiger partial charge in [-0.2, -0.15) is 4.98 Å². The van der Waals surface area contributed by atoms with Crippen molar-refractivity contribution >= 4 is 0 Å². The number of hydrogen-bond donors (Lipinski definition) is 1. The smallest absolute Gasteiger partial charge is 0.261 e. The van der Waals surface area contributed by atoms with E-state index in [0.29, 0.717) is 24.8 Å². The predicted octanol–water partition coefficient (Wildman–Crippen LogP) is 1.92. The Balaban J connectivity index is 1.97. The van der Waals surface area contributed by atoms with Crippen molar-refractivity contribution in [2.24, 2.45) is 0 Å². The molecule has 0 aliphatic carbocycles. The number of aliphatic hydroxyl groups is 1. The summed E-state index contributed by atoms with van der Waals surface area (Å²) in [7, 11) is 0. The molecule has 6 heteroatoms. The monoisotopic (exact) mass is 265 g/mol. The molecule has 0 fully saturated rings. The van der Waals surface area contributed by atoms with Gasteiger partial charge >= 0.3 is 0 Å². The average Bonchev–Trinajstić information content (AvgIpc) is 3.06. The molecule has 2 aromatic rings. The lowest BCUT2D eigenvalue weighted by atomic mass is 10.3. The molecule has 2 aromatic heterocycles. The summed E-state index contributed by atoms with van der Waals surface area (Å²) < 4.78 is 10.2. The second-order valence-electron chi connectivity index (χ2n) is 4.38. The van der Waals surface area contributed by atoms with Crippen LogP contribution in [-0.4, -0.2) is 39.8 Å². The molecule has 0 saturated carbocycles. The van der Waals surface area contributed by atoms with Crippen LogP contribution >= 0.6 is 0 Å². The Morgan fingerprint density at radius 2 is 2.26 bits per heavy atom. The number of aromatic nitrogens is 2. The molecule has 0 spiro atoms. The van der Waals surface area contributed by atoms with Crippen LogP contribution in [0.4, 0.5) is 0 Å². The molecule has 0 bridgehead atoms. The standard InChI is InChI=1S/C13H19N3O3/c1-2-3-5-16(6-7-17)9-12-14-13(19-15-12)11-4-8-18-10-11/h4,8,10,17H,2-3,5-7,9H2,1H3. The lowest BCUT2D eigenvalue weighted by Gasteiger charge is -2.18. The highest BCUT2D eigenvalue weighted by atomic mass is 16.5. The molecule has 19 heavy (non-hydrogen) atoms. The van der Waals surface area contributed by atoms with Crippen LogP contribution in [0.5, 0.6) is 0 Å². The van der Waals surface area contributed by atoms with Gasteiger partial charge in [-0.3, -0.25) is 4.90 Å². The molecule has 0 atom stereocenters. The third kappa shape index (κ3) is 3.90. The van der Waals surface area contributed by atoms with Gasteiger partial charge in [0.25, 0.3) is 5.89 Å². The van der Waals surface area contributed by atoms with Gasteiger partial charge in [0, 0.05) is 6.54 Å². The summed E-state index contributed by atoms with van der Waals surface area (Å²) in [6, 6.07) is 1.78. The quantitative estimate of drug-likeness (QED) is 0.786. The highest BCUT2D eigenvalue weighted by Crippen LogP contribution is 2.17. The molecule has 2 heterocycles. The van der Waals surface area contributed by atoms with E-state index in [1.807, 2.05) is 0 Å². The second-order valence-corrected chi connectivity index (χ2v) is 4.38. The van der Waals surface area contributed by atoms with Crippen LogP contribution < -0.4 is 0 Å². The van der Waals surface area contributed by atoms with Gasteiger partial charge in [0.05, 0.1) is 25.0 Å². The fourth-order valence-corrected chi connectivity index (χ4v) is 1.81. The Labute approximate surface area is 112 Å². The molecule has 0 aromatic carbocycles. The third-order valence-corrected chi connectivity index (χ3v) is 2.85. The number of furan rings is 1. The summed E-state index contributed by atoms with van der Waals surface area (Å²) in [5, 5.41) is 13.0. The summed E-state index contributed by atoms with van der Waals surface area (Å²) in [4.78, 5) is 6.44. The maximum atomic E-state index is 9.05. The zero-order valence-corrected chi connectivity index (χ0v) is 11.1. The lowest BCUT2D eigenvalue weighted by Crippen LogP contribution is -2.28. The van der Waals surface area contributed by atoms with E-state index in [2.05, 4.69) is 22.0 Å². The molecule has 0 saturated heterocycles. The number of rotatable bonds is 8. The lowest BCUT2D eigenvalue weighted by molar-refractivity contribution is 0.184. The first kappa shape index (κ1) is 13.8. The Kier molecular flexibility index (Phi) is 5.11. The summed E-state index contributed by atoms with van der Waals surface area (Å²) in [5.74, 6) is 1.09. The minimum absolute atomic E-state index is 0.135. The number of unbranched alkanes of at least 4 members (excludes halogenated alkanes) is 1. The van der Waals surface area contributed by atoms with Gasteiger partial charge in [0.15, 0.2) is 5.82 Å². The molecule has 0 aliphatic rings. The molecule has 6 nitrogen and oxygen atoms in total. The first-order valence-electron chi connectivity index (χ1n) is 6.52. The summed E-state index contributed by atoms with van der Waals surface area (Å²) in [5.41, 5.74) is 0.779. The number of nitrogens with zero attached hydrogens (tertiary/aromatic N) is 3. The molecule has 0 unspecified atom stereocenters. The Morgan fingerprint density at radius 3 is 2.95 bits per heavy atom. The van der Waals surface area contributed by atoms with Crippen molar-refractivity contribution in [2.75, 3.05) is 19.7 Å². The van der Waals surface area contributed by atoms with E-state index in [-0.39, 0.29) is 6.61 Å². The van der Waals surface area contributed by atoms with Crippen molar-refractivity contribution in [1.29, 1.82) is 0 Å². The van der Waals surface area contributed by atoms with E-state index >= 15 is 0 Å². The highest BCUT2D eigenvalue weighted by molar-refractivity contribution is 5.49. The Morgan fingerprint density at radius 1 is 1.37 bits per heavy atom. The molecular weight excluding hydrogens is 246 g/mol. The first-order chi connectivity index (χ1) is 9.33. The van der Waals surface area contributed by atoms with Crippen LogP contribution in [0.2, 0.25) is 0 Å². The summed E-state index contributed by atoms with van der Waals surface area (Å²) in [6.45, 7) is 4.41. The summed E-state index contributed by atoms with van der Waals surface area (Å²) >= 11 is 0. The van der Waals surface area contributed by atoms with Crippen LogP contribution in [0, 0.1) is 0 Å². The number of hydrogen-bond acceptors (Lipinski definition) is 6. The van der Waals surface area contributed by atoms with E-state index in [4.69, 9.17) is 14.0 Å². The maximum Gasteiger partial charge on any atom is 0.261 e. The minimum atomic E-state index is 0.135. The van der Waals surface area contributed by atoms with Crippen LogP contribution in [-0.2, 0) is 6.54 Å². The van der Waals surface area contributed by atoms with Crippen molar-refractivity contribution in [3.63, 3.8) is 0 Å². The van der Waals surface area contributed by atoms with Gasteiger partial charge in [-0.1, -0.05) is 18.5 Å². The molecule has 104 valence electrons. The predicted molar refractivity (Wildman–Crippen MR) is 69.3 cm³/mol. The van der Waals surface area contributed by atoms with Gasteiger partial charge in [-0.15, -0.1) is 0 Å². The van der Waals surface area contributed by atoms with Gasteiger partial charge in [0.1, 0.15) is 6.26 Å². The molecule has 0 amide bonds. The fourth-order valence-electron chi connectivity index (χ4n) is 1.81. The van der Waals surface area contributed by atoms with Gasteiger partial charge in [-0.05, 0) is 19.0 Å². The van der Waals surface area contributed by atoms with Gasteiger partial charge < -0.3 is 14.0 Å². The normalized spacial score (nSPS) is 11.3. The van der Waals surface area contributed by atoms with Crippen LogP contribution in [0.25, 0.3) is 11.5 Å². The number of aliphatic hydroxyl groups excluding tert-OH is 1. The SMILES string of the molecule is CCCCN(CCO)Cc1noc(-c2ccoc2)n1. The first-order valence-corrected chi connectivity index (χ1v) is 6.52. The highest BCUT2D eigenvalue weighted by Gasteiger charge is 2.13. The van der Waals surface area contributed by atoms with Crippen LogP contribution in [0.15, 0.2) is 27.5 Å². The van der Waals surface area contributed by atoms with Crippen LogP contribution in [0.3, 0.4) is 0 Å². The molecule has 0 radical (unpaired) electrons. The van der Waals surface area contributed by atoms with Crippen LogP contribution in [0.1, 0.15) is 25.6 Å². The Bertz CT molecular complexity index is 467. The van der Waals surface area contributed by atoms with Crippen molar-refractivity contribution < 1.29 is 14.0 Å². The van der Waals surface area contributed by atoms with E-state index in [1.165, 1.54) is 0 Å². The Hall–Kier alpha value is -1.66. The molecule has 0 aliphatic heterocycles. The van der Waals surface area contributed by atoms with Crippen molar-refractivity contribution in [1.82, 2.24) is 15.0 Å². The average molecular weight is 265 g/mol. The fraction of sp³-hybridized carbons (Fsp3) is 0.538. The van der Waals surface area contributed by atoms with Crippen molar-refractivity contribution in [2.45, 2.75) is 26.3 Å². The maximum absolute atomic E-state index is 9.05. The largest absolute Gasteiger partial charge is 0.472 e. The van der Waals surface area contributed by atoms with E-state index in [9.17, 15) is 0 Å². The zero-order valence-electron chi connectivity index (χ0n) is 11.1. The van der Waals surface area contributed by atoms with E-state index in [1.54, 1.807) is 18.6 Å². The van der Waals surface area contributed by atoms with Gasteiger partial charge in [-0.25, -0.2) is 0 Å². The van der Waals surface area contributed by atoms with Crippen molar-refractivity contribution in [3.05, 3.63) is 24.4 Å². The molecule has 1 N–H and O–H groups in total. The molecule has 2 rings (SSSR count). The van der Waals surface area contributed by atoms with E-state index < -0.39 is 0 Å². The van der Waals surface area contributed by atoms with E-state index in [0.717, 1.165) is 24.9 Å². The van der Waals surface area contributed by atoms with Crippen molar-refractivity contribution in [3.8, 4) is 11.5 Å².